The van der Waals surface area contributed by atoms with Gasteiger partial charge >= 0.3 is 5.97 Å². The van der Waals surface area contributed by atoms with Crippen molar-refractivity contribution >= 4 is 22.4 Å². The molecule has 0 aliphatic heterocycles. The standard InChI is InChI=1S/C11H18N2O2S/c1-5-6-11(4,9(14)15)13-10-12-7(2)8(3)16-10/h5-6H2,1-4H3,(H,12,13)(H,14,15). The van der Waals surface area contributed by atoms with Crippen molar-refractivity contribution in [2.75, 3.05) is 5.32 Å². The first-order chi connectivity index (χ1) is 7.39. The van der Waals surface area contributed by atoms with E-state index in [0.717, 1.165) is 17.0 Å². The van der Waals surface area contributed by atoms with Crippen molar-refractivity contribution in [3.8, 4) is 0 Å². The number of anilines is 1. The lowest BCUT2D eigenvalue weighted by atomic mass is 9.97. The quantitative estimate of drug-likeness (QED) is 0.833. The minimum atomic E-state index is -0.925. The average Bonchev–Trinajstić information content (AvgIpc) is 2.45. The molecule has 5 heteroatoms. The summed E-state index contributed by atoms with van der Waals surface area (Å²) in [5.41, 5.74) is 0.0302. The number of thiazole rings is 1. The van der Waals surface area contributed by atoms with Gasteiger partial charge in [-0.05, 0) is 27.2 Å². The Morgan fingerprint density at radius 3 is 2.56 bits per heavy atom. The highest BCUT2D eigenvalue weighted by Crippen LogP contribution is 2.26. The summed E-state index contributed by atoms with van der Waals surface area (Å²) in [6, 6.07) is 0. The van der Waals surface area contributed by atoms with Crippen molar-refractivity contribution < 1.29 is 9.90 Å². The summed E-state index contributed by atoms with van der Waals surface area (Å²) in [7, 11) is 0. The maximum atomic E-state index is 11.2. The Balaban J connectivity index is 2.87. The Kier molecular flexibility index (Phi) is 3.91. The van der Waals surface area contributed by atoms with Crippen LogP contribution in [0.3, 0.4) is 0 Å². The summed E-state index contributed by atoms with van der Waals surface area (Å²) in [5.74, 6) is -0.833. The molecule has 0 aromatic carbocycles. The fraction of sp³-hybridized carbons (Fsp3) is 0.636. The van der Waals surface area contributed by atoms with Gasteiger partial charge in [-0.3, -0.25) is 0 Å². The Morgan fingerprint density at radius 2 is 2.19 bits per heavy atom. The predicted molar refractivity (Wildman–Crippen MR) is 66.2 cm³/mol. The monoisotopic (exact) mass is 242 g/mol. The van der Waals surface area contributed by atoms with Crippen LogP contribution in [0.4, 0.5) is 5.13 Å². The van der Waals surface area contributed by atoms with Crippen LogP contribution >= 0.6 is 11.3 Å². The largest absolute Gasteiger partial charge is 0.480 e. The van der Waals surface area contributed by atoms with Gasteiger partial charge < -0.3 is 10.4 Å². The van der Waals surface area contributed by atoms with Gasteiger partial charge in [-0.2, -0.15) is 0 Å². The molecule has 0 saturated carbocycles. The zero-order chi connectivity index (χ0) is 12.3. The van der Waals surface area contributed by atoms with E-state index in [9.17, 15) is 9.90 Å². The van der Waals surface area contributed by atoms with Crippen LogP contribution in [0.15, 0.2) is 0 Å². The minimum Gasteiger partial charge on any atom is -0.480 e. The van der Waals surface area contributed by atoms with E-state index in [0.29, 0.717) is 11.6 Å². The molecule has 1 heterocycles. The Bertz CT molecular complexity index is 370. The van der Waals surface area contributed by atoms with Gasteiger partial charge in [0.25, 0.3) is 0 Å². The second-order valence-corrected chi connectivity index (χ2v) is 5.38. The van der Waals surface area contributed by atoms with Crippen molar-refractivity contribution in [1.29, 1.82) is 0 Å². The molecule has 1 unspecified atom stereocenters. The molecule has 0 spiro atoms. The molecule has 1 aromatic rings. The molecule has 90 valence electrons. The Morgan fingerprint density at radius 1 is 1.56 bits per heavy atom. The first kappa shape index (κ1) is 13.0. The number of aromatic nitrogens is 1. The molecule has 4 nitrogen and oxygen atoms in total. The van der Waals surface area contributed by atoms with Crippen molar-refractivity contribution in [1.82, 2.24) is 4.98 Å². The number of rotatable bonds is 5. The molecule has 0 radical (unpaired) electrons. The number of hydrogen-bond acceptors (Lipinski definition) is 4. The van der Waals surface area contributed by atoms with Crippen LogP contribution in [0, 0.1) is 13.8 Å². The van der Waals surface area contributed by atoms with Gasteiger partial charge in [0.15, 0.2) is 5.13 Å². The molecule has 0 saturated heterocycles. The van der Waals surface area contributed by atoms with Crippen molar-refractivity contribution in [2.24, 2.45) is 0 Å². The lowest BCUT2D eigenvalue weighted by Crippen LogP contribution is -2.43. The van der Waals surface area contributed by atoms with Gasteiger partial charge in [0.05, 0.1) is 5.69 Å². The third-order valence-corrected chi connectivity index (χ3v) is 3.62. The topological polar surface area (TPSA) is 62.2 Å². The summed E-state index contributed by atoms with van der Waals surface area (Å²) in [6.45, 7) is 7.58. The lowest BCUT2D eigenvalue weighted by Gasteiger charge is -2.25. The average molecular weight is 242 g/mol. The van der Waals surface area contributed by atoms with Crippen LogP contribution in [0.5, 0.6) is 0 Å². The summed E-state index contributed by atoms with van der Waals surface area (Å²) in [5, 5.41) is 12.9. The zero-order valence-electron chi connectivity index (χ0n) is 10.1. The van der Waals surface area contributed by atoms with Crippen molar-refractivity contribution in [3.05, 3.63) is 10.6 Å². The number of carboxylic acids is 1. The second-order valence-electron chi connectivity index (χ2n) is 4.17. The maximum Gasteiger partial charge on any atom is 0.329 e. The predicted octanol–water partition coefficient (Wildman–Crippen LogP) is 2.82. The Hall–Kier alpha value is -1.10. The fourth-order valence-corrected chi connectivity index (χ4v) is 2.43. The summed E-state index contributed by atoms with van der Waals surface area (Å²) < 4.78 is 0. The molecular formula is C11H18N2O2S. The number of hydrogen-bond donors (Lipinski definition) is 2. The molecule has 1 atom stereocenters. The van der Waals surface area contributed by atoms with E-state index in [1.54, 1.807) is 6.92 Å². The molecule has 0 fully saturated rings. The van der Waals surface area contributed by atoms with Gasteiger partial charge in [0.2, 0.25) is 0 Å². The summed E-state index contributed by atoms with van der Waals surface area (Å²) in [6.07, 6.45) is 1.40. The summed E-state index contributed by atoms with van der Waals surface area (Å²) in [4.78, 5) is 16.6. The van der Waals surface area contributed by atoms with Crippen LogP contribution in [0.2, 0.25) is 0 Å². The Labute approximate surface area is 99.7 Å². The fourth-order valence-electron chi connectivity index (χ4n) is 1.49. The smallest absolute Gasteiger partial charge is 0.329 e. The third-order valence-electron chi connectivity index (χ3n) is 2.63. The van der Waals surface area contributed by atoms with Crippen LogP contribution in [-0.2, 0) is 4.79 Å². The van der Waals surface area contributed by atoms with E-state index in [-0.39, 0.29) is 0 Å². The number of nitrogens with zero attached hydrogens (tertiary/aromatic N) is 1. The van der Waals surface area contributed by atoms with Gasteiger partial charge in [-0.1, -0.05) is 13.3 Å². The minimum absolute atomic E-state index is 0.583. The molecular weight excluding hydrogens is 224 g/mol. The molecule has 0 aliphatic carbocycles. The number of aryl methyl sites for hydroxylation is 2. The normalized spacial score (nSPS) is 14.5. The van der Waals surface area contributed by atoms with Crippen LogP contribution < -0.4 is 5.32 Å². The third kappa shape index (κ3) is 2.72. The number of carbonyl (C=O) groups is 1. The number of nitrogens with one attached hydrogen (secondary N) is 1. The van der Waals surface area contributed by atoms with E-state index in [1.807, 2.05) is 20.8 Å². The highest BCUT2D eigenvalue weighted by Gasteiger charge is 2.32. The van der Waals surface area contributed by atoms with Gasteiger partial charge in [-0.15, -0.1) is 11.3 Å². The summed E-state index contributed by atoms with van der Waals surface area (Å²) >= 11 is 1.50. The molecule has 16 heavy (non-hydrogen) atoms. The van der Waals surface area contributed by atoms with Crippen LogP contribution in [0.1, 0.15) is 37.3 Å². The SMILES string of the molecule is CCCC(C)(Nc1nc(C)c(C)s1)C(=O)O. The first-order valence-corrected chi connectivity index (χ1v) is 6.16. The first-order valence-electron chi connectivity index (χ1n) is 5.34. The highest BCUT2D eigenvalue weighted by molar-refractivity contribution is 7.15. The second kappa shape index (κ2) is 4.82. The van der Waals surface area contributed by atoms with E-state index in [1.165, 1.54) is 11.3 Å². The molecule has 2 N–H and O–H groups in total. The van der Waals surface area contributed by atoms with Gasteiger partial charge in [-0.25, -0.2) is 9.78 Å². The van der Waals surface area contributed by atoms with Crippen LogP contribution in [0.25, 0.3) is 0 Å². The van der Waals surface area contributed by atoms with Crippen molar-refractivity contribution in [2.45, 2.75) is 46.1 Å². The van der Waals surface area contributed by atoms with E-state index in [4.69, 9.17) is 0 Å². The highest BCUT2D eigenvalue weighted by atomic mass is 32.1. The van der Waals surface area contributed by atoms with E-state index < -0.39 is 11.5 Å². The molecule has 0 bridgehead atoms. The van der Waals surface area contributed by atoms with E-state index >= 15 is 0 Å². The molecule has 0 aliphatic rings. The van der Waals surface area contributed by atoms with Crippen molar-refractivity contribution in [3.63, 3.8) is 0 Å². The molecule has 0 amide bonds. The maximum absolute atomic E-state index is 11.2. The number of aliphatic carboxylic acids is 1. The molecule has 1 rings (SSSR count). The zero-order valence-corrected chi connectivity index (χ0v) is 10.9. The lowest BCUT2D eigenvalue weighted by molar-refractivity contribution is -0.141. The van der Waals surface area contributed by atoms with Crippen LogP contribution in [-0.4, -0.2) is 21.6 Å². The molecule has 1 aromatic heterocycles. The van der Waals surface area contributed by atoms with Gasteiger partial charge in [0.1, 0.15) is 5.54 Å². The van der Waals surface area contributed by atoms with E-state index in [2.05, 4.69) is 10.3 Å². The van der Waals surface area contributed by atoms with Gasteiger partial charge in [0, 0.05) is 4.88 Å². The number of carboxylic acid groups (broad SMARTS) is 1.